The molecule has 0 unspecified atom stereocenters. The van der Waals surface area contributed by atoms with Crippen molar-refractivity contribution in [1.29, 1.82) is 0 Å². The highest BCUT2D eigenvalue weighted by Gasteiger charge is 2.19. The van der Waals surface area contributed by atoms with Crippen molar-refractivity contribution in [2.24, 2.45) is 0 Å². The molecule has 0 bridgehead atoms. The van der Waals surface area contributed by atoms with E-state index in [1.54, 1.807) is 26.0 Å². The van der Waals surface area contributed by atoms with Gasteiger partial charge in [-0.25, -0.2) is 0 Å². The van der Waals surface area contributed by atoms with Crippen LogP contribution < -0.4 is 0 Å². The van der Waals surface area contributed by atoms with Gasteiger partial charge in [0.25, 0.3) is 5.91 Å². The topological polar surface area (TPSA) is 66.8 Å². The third-order valence-electron chi connectivity index (χ3n) is 2.85. The van der Waals surface area contributed by atoms with Gasteiger partial charge in [0.15, 0.2) is 0 Å². The summed E-state index contributed by atoms with van der Waals surface area (Å²) < 4.78 is 4.87. The maximum Gasteiger partial charge on any atom is 0.325 e. The predicted octanol–water partition coefficient (Wildman–Crippen LogP) is 2.12. The van der Waals surface area contributed by atoms with Gasteiger partial charge in [-0.15, -0.1) is 0 Å². The van der Waals surface area contributed by atoms with E-state index in [1.165, 1.54) is 11.0 Å². The highest BCUT2D eigenvalue weighted by atomic mass is 16.5. The second-order valence-electron chi connectivity index (χ2n) is 4.53. The van der Waals surface area contributed by atoms with Crippen LogP contribution in [0.15, 0.2) is 18.2 Å². The van der Waals surface area contributed by atoms with Crippen LogP contribution in [-0.2, 0) is 9.53 Å². The van der Waals surface area contributed by atoms with Crippen molar-refractivity contribution in [3.63, 3.8) is 0 Å². The van der Waals surface area contributed by atoms with E-state index >= 15 is 0 Å². The summed E-state index contributed by atoms with van der Waals surface area (Å²) in [4.78, 5) is 25.4. The molecule has 0 spiro atoms. The molecule has 0 atom stereocenters. The first-order valence-corrected chi connectivity index (χ1v) is 6.74. The van der Waals surface area contributed by atoms with Crippen molar-refractivity contribution in [3.8, 4) is 5.75 Å². The van der Waals surface area contributed by atoms with E-state index in [0.717, 1.165) is 6.42 Å². The normalized spacial score (nSPS) is 10.2. The van der Waals surface area contributed by atoms with E-state index in [9.17, 15) is 14.7 Å². The molecule has 1 aromatic rings. The maximum atomic E-state index is 12.4. The summed E-state index contributed by atoms with van der Waals surface area (Å²) in [5.41, 5.74) is 1.08. The van der Waals surface area contributed by atoms with Crippen molar-refractivity contribution in [3.05, 3.63) is 29.3 Å². The van der Waals surface area contributed by atoms with Gasteiger partial charge in [0.05, 0.1) is 6.61 Å². The average Bonchev–Trinajstić information content (AvgIpc) is 2.41. The highest BCUT2D eigenvalue weighted by molar-refractivity contribution is 5.96. The number of carbonyl (C=O) groups excluding carboxylic acids is 2. The summed E-state index contributed by atoms with van der Waals surface area (Å²) in [6, 6.07) is 4.65. The first kappa shape index (κ1) is 16.0. The second kappa shape index (κ2) is 7.53. The molecule has 1 amide bonds. The molecule has 0 aliphatic heterocycles. The molecule has 0 aliphatic carbocycles. The summed E-state index contributed by atoms with van der Waals surface area (Å²) in [6.07, 6.45) is 0.752. The van der Waals surface area contributed by atoms with E-state index in [1.807, 2.05) is 6.92 Å². The van der Waals surface area contributed by atoms with Gasteiger partial charge in [0.2, 0.25) is 0 Å². The third kappa shape index (κ3) is 4.26. The van der Waals surface area contributed by atoms with Crippen LogP contribution in [0.1, 0.15) is 36.2 Å². The van der Waals surface area contributed by atoms with Crippen LogP contribution in [0.5, 0.6) is 5.75 Å². The van der Waals surface area contributed by atoms with Gasteiger partial charge in [-0.3, -0.25) is 9.59 Å². The lowest BCUT2D eigenvalue weighted by molar-refractivity contribution is -0.143. The van der Waals surface area contributed by atoms with Crippen LogP contribution in [-0.4, -0.2) is 41.6 Å². The average molecular weight is 279 g/mol. The Morgan fingerprint density at radius 2 is 2.00 bits per heavy atom. The molecule has 0 saturated carbocycles. The molecule has 0 fully saturated rings. The summed E-state index contributed by atoms with van der Waals surface area (Å²) in [7, 11) is 0. The molecule has 0 aromatic heterocycles. The van der Waals surface area contributed by atoms with Crippen molar-refractivity contribution >= 4 is 11.9 Å². The Labute approximate surface area is 119 Å². The Bertz CT molecular complexity index is 485. The van der Waals surface area contributed by atoms with Crippen molar-refractivity contribution in [2.75, 3.05) is 19.7 Å². The minimum Gasteiger partial charge on any atom is -0.508 e. The lowest BCUT2D eigenvalue weighted by atomic mass is 10.1. The van der Waals surface area contributed by atoms with Crippen LogP contribution in [0.4, 0.5) is 0 Å². The fourth-order valence-corrected chi connectivity index (χ4v) is 1.86. The van der Waals surface area contributed by atoms with Gasteiger partial charge >= 0.3 is 5.97 Å². The van der Waals surface area contributed by atoms with Crippen LogP contribution >= 0.6 is 0 Å². The zero-order valence-electron chi connectivity index (χ0n) is 12.2. The van der Waals surface area contributed by atoms with Gasteiger partial charge in [0.1, 0.15) is 12.3 Å². The van der Waals surface area contributed by atoms with Gasteiger partial charge in [-0.1, -0.05) is 6.92 Å². The van der Waals surface area contributed by atoms with Gasteiger partial charge in [0, 0.05) is 12.1 Å². The SMILES string of the molecule is CCCN(CC(=O)OCC)C(=O)c1ccc(O)c(C)c1. The van der Waals surface area contributed by atoms with Crippen molar-refractivity contribution in [1.82, 2.24) is 4.90 Å². The number of benzene rings is 1. The molecule has 1 N–H and O–H groups in total. The zero-order valence-corrected chi connectivity index (χ0v) is 12.2. The van der Waals surface area contributed by atoms with E-state index < -0.39 is 5.97 Å². The predicted molar refractivity (Wildman–Crippen MR) is 75.7 cm³/mol. The minimum atomic E-state index is -0.412. The molecule has 5 heteroatoms. The van der Waals surface area contributed by atoms with Crippen molar-refractivity contribution in [2.45, 2.75) is 27.2 Å². The molecule has 0 heterocycles. The number of hydrogen-bond acceptors (Lipinski definition) is 4. The first-order chi connectivity index (χ1) is 9.49. The third-order valence-corrected chi connectivity index (χ3v) is 2.85. The highest BCUT2D eigenvalue weighted by Crippen LogP contribution is 2.18. The molecular weight excluding hydrogens is 258 g/mol. The molecular formula is C15H21NO4. The number of carbonyl (C=O) groups is 2. The number of ether oxygens (including phenoxy) is 1. The molecule has 1 aromatic carbocycles. The quantitative estimate of drug-likeness (QED) is 0.810. The molecule has 0 aliphatic rings. The van der Waals surface area contributed by atoms with Gasteiger partial charge < -0.3 is 14.7 Å². The Kier molecular flexibility index (Phi) is 6.03. The number of phenols is 1. The number of esters is 1. The summed E-state index contributed by atoms with van der Waals surface area (Å²) in [6.45, 7) is 6.12. The van der Waals surface area contributed by atoms with E-state index in [4.69, 9.17) is 4.74 Å². The standard InChI is InChI=1S/C15H21NO4/c1-4-8-16(10-14(18)20-5-2)15(19)12-6-7-13(17)11(3)9-12/h6-7,9,17H,4-5,8,10H2,1-3H3. The molecule has 110 valence electrons. The molecule has 1 rings (SSSR count). The lowest BCUT2D eigenvalue weighted by Crippen LogP contribution is -2.37. The number of aromatic hydroxyl groups is 1. The summed E-state index contributed by atoms with van der Waals surface area (Å²) in [5.74, 6) is -0.498. The zero-order chi connectivity index (χ0) is 15.1. The Balaban J connectivity index is 2.87. The first-order valence-electron chi connectivity index (χ1n) is 6.74. The summed E-state index contributed by atoms with van der Waals surface area (Å²) in [5, 5.41) is 9.48. The number of rotatable bonds is 6. The fourth-order valence-electron chi connectivity index (χ4n) is 1.86. The Morgan fingerprint density at radius 1 is 1.30 bits per heavy atom. The maximum absolute atomic E-state index is 12.4. The second-order valence-corrected chi connectivity index (χ2v) is 4.53. The smallest absolute Gasteiger partial charge is 0.325 e. The van der Waals surface area contributed by atoms with E-state index in [0.29, 0.717) is 24.3 Å². The van der Waals surface area contributed by atoms with Crippen LogP contribution in [0.3, 0.4) is 0 Å². The van der Waals surface area contributed by atoms with Crippen LogP contribution in [0, 0.1) is 6.92 Å². The number of aryl methyl sites for hydroxylation is 1. The molecule has 5 nitrogen and oxygen atoms in total. The van der Waals surface area contributed by atoms with Gasteiger partial charge in [-0.05, 0) is 44.0 Å². The molecule has 0 saturated heterocycles. The van der Waals surface area contributed by atoms with Crippen LogP contribution in [0.2, 0.25) is 0 Å². The van der Waals surface area contributed by atoms with E-state index in [-0.39, 0.29) is 18.2 Å². The number of amides is 1. The van der Waals surface area contributed by atoms with E-state index in [2.05, 4.69) is 0 Å². The lowest BCUT2D eigenvalue weighted by Gasteiger charge is -2.21. The molecule has 0 radical (unpaired) electrons. The Hall–Kier alpha value is -2.04. The number of phenolic OH excluding ortho intramolecular Hbond substituents is 1. The number of nitrogens with zero attached hydrogens (tertiary/aromatic N) is 1. The molecule has 20 heavy (non-hydrogen) atoms. The summed E-state index contributed by atoms with van der Waals surface area (Å²) >= 11 is 0. The largest absolute Gasteiger partial charge is 0.508 e. The van der Waals surface area contributed by atoms with Gasteiger partial charge in [-0.2, -0.15) is 0 Å². The van der Waals surface area contributed by atoms with Crippen molar-refractivity contribution < 1.29 is 19.4 Å². The van der Waals surface area contributed by atoms with Crippen LogP contribution in [0.25, 0.3) is 0 Å². The fraction of sp³-hybridized carbons (Fsp3) is 0.467. The number of hydrogen-bond donors (Lipinski definition) is 1. The minimum absolute atomic E-state index is 0.0551. The Morgan fingerprint density at radius 3 is 2.55 bits per heavy atom. The monoisotopic (exact) mass is 279 g/mol.